The van der Waals surface area contributed by atoms with Gasteiger partial charge in [0.1, 0.15) is 5.83 Å². The minimum Gasteiger partial charge on any atom is -0.386 e. The molecule has 64 valence electrons. The van der Waals surface area contributed by atoms with Crippen LogP contribution in [0.3, 0.4) is 0 Å². The second-order valence-corrected chi connectivity index (χ2v) is 2.73. The largest absolute Gasteiger partial charge is 0.386 e. The number of allylic oxidation sites excluding steroid dienone is 3. The van der Waals surface area contributed by atoms with Gasteiger partial charge < -0.3 is 5.32 Å². The summed E-state index contributed by atoms with van der Waals surface area (Å²) in [5.74, 6) is -0.404. The van der Waals surface area contributed by atoms with Crippen molar-refractivity contribution in [3.8, 4) is 0 Å². The van der Waals surface area contributed by atoms with Crippen molar-refractivity contribution < 1.29 is 4.39 Å². The molecular formula is C9H16FN. The monoisotopic (exact) mass is 157 g/mol. The van der Waals surface area contributed by atoms with Crippen LogP contribution in [0.1, 0.15) is 27.2 Å². The molecule has 0 fully saturated rings. The SMILES string of the molecule is C=C(F)/C=C(\C)N[C@@H](C)CC. The van der Waals surface area contributed by atoms with Gasteiger partial charge in [0.05, 0.1) is 0 Å². The van der Waals surface area contributed by atoms with Crippen LogP contribution in [0.5, 0.6) is 0 Å². The number of hydrogen-bond donors (Lipinski definition) is 1. The highest BCUT2D eigenvalue weighted by Crippen LogP contribution is 2.00. The van der Waals surface area contributed by atoms with Gasteiger partial charge >= 0.3 is 0 Å². The Bertz CT molecular complexity index is 161. The van der Waals surface area contributed by atoms with Crippen molar-refractivity contribution in [3.05, 3.63) is 24.2 Å². The molecule has 0 unspecified atom stereocenters. The summed E-state index contributed by atoms with van der Waals surface area (Å²) in [6.45, 7) is 9.11. The average molecular weight is 157 g/mol. The fourth-order valence-electron chi connectivity index (χ4n) is 0.767. The van der Waals surface area contributed by atoms with Crippen LogP contribution < -0.4 is 5.32 Å². The molecule has 0 saturated carbocycles. The third kappa shape index (κ3) is 5.64. The first-order valence-corrected chi connectivity index (χ1v) is 3.85. The molecule has 0 aliphatic carbocycles. The second kappa shape index (κ2) is 4.94. The van der Waals surface area contributed by atoms with Crippen LogP contribution >= 0.6 is 0 Å². The lowest BCUT2D eigenvalue weighted by Gasteiger charge is -2.12. The van der Waals surface area contributed by atoms with Crippen molar-refractivity contribution in [2.45, 2.75) is 33.2 Å². The van der Waals surface area contributed by atoms with E-state index in [1.165, 1.54) is 6.08 Å². The molecule has 1 atom stereocenters. The first-order valence-electron chi connectivity index (χ1n) is 3.85. The van der Waals surface area contributed by atoms with E-state index >= 15 is 0 Å². The molecule has 0 rings (SSSR count). The number of halogens is 1. The lowest BCUT2D eigenvalue weighted by Crippen LogP contribution is -2.22. The minimum absolute atomic E-state index is 0.394. The van der Waals surface area contributed by atoms with Crippen LogP contribution in [0.2, 0.25) is 0 Å². The molecule has 0 aliphatic rings. The summed E-state index contributed by atoms with van der Waals surface area (Å²) in [4.78, 5) is 0. The van der Waals surface area contributed by atoms with Crippen LogP contribution in [0.15, 0.2) is 24.2 Å². The summed E-state index contributed by atoms with van der Waals surface area (Å²) < 4.78 is 12.2. The molecule has 2 heteroatoms. The van der Waals surface area contributed by atoms with E-state index in [4.69, 9.17) is 0 Å². The van der Waals surface area contributed by atoms with Gasteiger partial charge in [-0.1, -0.05) is 13.5 Å². The Morgan fingerprint density at radius 3 is 2.64 bits per heavy atom. The highest BCUT2D eigenvalue weighted by Gasteiger charge is 1.96. The Hall–Kier alpha value is -0.790. The molecule has 0 saturated heterocycles. The van der Waals surface area contributed by atoms with Gasteiger partial charge in [-0.2, -0.15) is 0 Å². The molecule has 0 aromatic rings. The third-order valence-electron chi connectivity index (χ3n) is 1.46. The zero-order valence-corrected chi connectivity index (χ0v) is 7.45. The molecule has 1 nitrogen and oxygen atoms in total. The Morgan fingerprint density at radius 1 is 1.73 bits per heavy atom. The van der Waals surface area contributed by atoms with Gasteiger partial charge in [0.25, 0.3) is 0 Å². The maximum atomic E-state index is 12.2. The predicted molar refractivity (Wildman–Crippen MR) is 46.9 cm³/mol. The second-order valence-electron chi connectivity index (χ2n) is 2.73. The Morgan fingerprint density at radius 2 is 2.27 bits per heavy atom. The van der Waals surface area contributed by atoms with Crippen LogP contribution in [-0.4, -0.2) is 6.04 Å². The van der Waals surface area contributed by atoms with Gasteiger partial charge in [-0.3, -0.25) is 0 Å². The average Bonchev–Trinajstić information content (AvgIpc) is 1.85. The lowest BCUT2D eigenvalue weighted by molar-refractivity contribution is 0.590. The number of rotatable bonds is 4. The first-order chi connectivity index (χ1) is 5.06. The van der Waals surface area contributed by atoms with E-state index in [2.05, 4.69) is 25.7 Å². The molecule has 0 bridgehead atoms. The summed E-state index contributed by atoms with van der Waals surface area (Å²) in [6, 6.07) is 0.394. The number of nitrogens with one attached hydrogen (secondary N) is 1. The van der Waals surface area contributed by atoms with Crippen molar-refractivity contribution >= 4 is 0 Å². The molecule has 0 aromatic carbocycles. The molecule has 0 aliphatic heterocycles. The first kappa shape index (κ1) is 10.2. The smallest absolute Gasteiger partial charge is 0.117 e. The molecular weight excluding hydrogens is 141 g/mol. The summed E-state index contributed by atoms with van der Waals surface area (Å²) in [6.07, 6.45) is 2.43. The Kier molecular flexibility index (Phi) is 4.59. The quantitative estimate of drug-likeness (QED) is 0.619. The minimum atomic E-state index is -0.404. The van der Waals surface area contributed by atoms with E-state index in [1.807, 2.05) is 6.92 Å². The van der Waals surface area contributed by atoms with Crippen molar-refractivity contribution in [1.29, 1.82) is 0 Å². The van der Waals surface area contributed by atoms with Gasteiger partial charge in [-0.15, -0.1) is 0 Å². The van der Waals surface area contributed by atoms with Crippen molar-refractivity contribution in [2.75, 3.05) is 0 Å². The maximum Gasteiger partial charge on any atom is 0.117 e. The molecule has 11 heavy (non-hydrogen) atoms. The van der Waals surface area contributed by atoms with Crippen LogP contribution in [0.4, 0.5) is 4.39 Å². The van der Waals surface area contributed by atoms with Crippen LogP contribution in [-0.2, 0) is 0 Å². The molecule has 0 heterocycles. The summed E-state index contributed by atoms with van der Waals surface area (Å²) in [7, 11) is 0. The fraction of sp³-hybridized carbons (Fsp3) is 0.556. The van der Waals surface area contributed by atoms with E-state index in [0.717, 1.165) is 12.1 Å². The molecule has 0 radical (unpaired) electrons. The van der Waals surface area contributed by atoms with Gasteiger partial charge in [-0.25, -0.2) is 4.39 Å². The van der Waals surface area contributed by atoms with E-state index in [-0.39, 0.29) is 0 Å². The zero-order valence-electron chi connectivity index (χ0n) is 7.45. The fourth-order valence-corrected chi connectivity index (χ4v) is 0.767. The van der Waals surface area contributed by atoms with E-state index in [0.29, 0.717) is 6.04 Å². The van der Waals surface area contributed by atoms with Gasteiger partial charge in [-0.05, 0) is 26.3 Å². The van der Waals surface area contributed by atoms with Crippen molar-refractivity contribution in [1.82, 2.24) is 5.32 Å². The topological polar surface area (TPSA) is 12.0 Å². The van der Waals surface area contributed by atoms with E-state index < -0.39 is 5.83 Å². The highest BCUT2D eigenvalue weighted by atomic mass is 19.1. The predicted octanol–water partition coefficient (Wildman–Crippen LogP) is 2.76. The number of hydrogen-bond acceptors (Lipinski definition) is 1. The standard InChI is InChI=1S/C9H16FN/c1-5-8(3)11-9(4)6-7(2)10/h6,8,11H,2,5H2,1,3-4H3/b9-6+/t8-/m0/s1. The molecule has 0 spiro atoms. The lowest BCUT2D eigenvalue weighted by atomic mass is 10.2. The maximum absolute atomic E-state index is 12.2. The molecule has 0 amide bonds. The molecule has 1 N–H and O–H groups in total. The van der Waals surface area contributed by atoms with Gasteiger partial charge in [0.2, 0.25) is 0 Å². The van der Waals surface area contributed by atoms with Crippen LogP contribution in [0, 0.1) is 0 Å². The Balaban J connectivity index is 3.85. The molecule has 0 aromatic heterocycles. The Labute approximate surface area is 68.0 Å². The van der Waals surface area contributed by atoms with E-state index in [9.17, 15) is 4.39 Å². The summed E-state index contributed by atoms with van der Waals surface area (Å²) in [5, 5.41) is 3.12. The van der Waals surface area contributed by atoms with Crippen LogP contribution in [0.25, 0.3) is 0 Å². The van der Waals surface area contributed by atoms with Crippen molar-refractivity contribution in [3.63, 3.8) is 0 Å². The normalized spacial score (nSPS) is 14.4. The summed E-state index contributed by atoms with van der Waals surface area (Å²) in [5.41, 5.74) is 0.826. The summed E-state index contributed by atoms with van der Waals surface area (Å²) >= 11 is 0. The van der Waals surface area contributed by atoms with Gasteiger partial charge in [0, 0.05) is 11.7 Å². The zero-order chi connectivity index (χ0) is 8.85. The highest BCUT2D eigenvalue weighted by molar-refractivity contribution is 5.12. The van der Waals surface area contributed by atoms with Gasteiger partial charge in [0.15, 0.2) is 0 Å². The van der Waals surface area contributed by atoms with E-state index in [1.54, 1.807) is 0 Å². The third-order valence-corrected chi connectivity index (χ3v) is 1.46. The van der Waals surface area contributed by atoms with Crippen molar-refractivity contribution in [2.24, 2.45) is 0 Å².